The Balaban J connectivity index is 1.98. The SMILES string of the molecule is C[C@H](C(=O)Nc1cc([N+](=O)[O-])ccc1Cl)N(C)CC(=O)Nc1ccc(Cl)c(Cl)c1. The minimum Gasteiger partial charge on any atom is -0.325 e. The van der Waals surface area contributed by atoms with Crippen LogP contribution in [0.4, 0.5) is 17.1 Å². The Hall–Kier alpha value is -2.39. The maximum absolute atomic E-state index is 12.5. The van der Waals surface area contributed by atoms with Crippen LogP contribution in [0.2, 0.25) is 15.1 Å². The number of nitro benzene ring substituents is 1. The zero-order chi connectivity index (χ0) is 21.7. The standard InChI is InChI=1S/C18H17Cl3N4O4/c1-10(18(27)23-16-8-12(25(28)29)4-6-14(16)20)24(2)9-17(26)22-11-3-5-13(19)15(21)7-11/h3-8,10H,9H2,1-2H3,(H,22,26)(H,23,27)/t10-/m1/s1. The lowest BCUT2D eigenvalue weighted by molar-refractivity contribution is -0.384. The Morgan fingerprint density at radius 1 is 1.07 bits per heavy atom. The number of nitrogens with zero attached hydrogens (tertiary/aromatic N) is 2. The molecule has 0 radical (unpaired) electrons. The fourth-order valence-corrected chi connectivity index (χ4v) is 2.76. The number of carbonyl (C=O) groups is 2. The Bertz CT molecular complexity index is 955. The van der Waals surface area contributed by atoms with E-state index in [0.29, 0.717) is 15.7 Å². The van der Waals surface area contributed by atoms with Crippen LogP contribution in [0.3, 0.4) is 0 Å². The number of anilines is 2. The highest BCUT2D eigenvalue weighted by Crippen LogP contribution is 2.27. The molecular weight excluding hydrogens is 443 g/mol. The molecule has 0 aliphatic carbocycles. The molecule has 2 N–H and O–H groups in total. The van der Waals surface area contributed by atoms with Crippen LogP contribution in [-0.4, -0.2) is 41.3 Å². The van der Waals surface area contributed by atoms with Crippen LogP contribution >= 0.6 is 34.8 Å². The molecule has 154 valence electrons. The van der Waals surface area contributed by atoms with Crippen molar-refractivity contribution in [3.8, 4) is 0 Å². The molecule has 0 spiro atoms. The zero-order valence-electron chi connectivity index (χ0n) is 15.4. The first-order chi connectivity index (χ1) is 13.6. The summed E-state index contributed by atoms with van der Waals surface area (Å²) in [5, 5.41) is 16.9. The molecule has 2 aromatic rings. The summed E-state index contributed by atoms with van der Waals surface area (Å²) in [6.45, 7) is 1.50. The maximum Gasteiger partial charge on any atom is 0.271 e. The molecule has 0 fully saturated rings. The van der Waals surface area contributed by atoms with Crippen molar-refractivity contribution in [3.63, 3.8) is 0 Å². The number of amides is 2. The first-order valence-corrected chi connectivity index (χ1v) is 9.42. The maximum atomic E-state index is 12.5. The monoisotopic (exact) mass is 458 g/mol. The minimum atomic E-state index is -0.718. The summed E-state index contributed by atoms with van der Waals surface area (Å²) in [6.07, 6.45) is 0. The van der Waals surface area contributed by atoms with Gasteiger partial charge in [-0.2, -0.15) is 0 Å². The molecule has 0 saturated heterocycles. The molecule has 0 saturated carbocycles. The van der Waals surface area contributed by atoms with Crippen molar-refractivity contribution >= 4 is 63.7 Å². The predicted octanol–water partition coefficient (Wildman–Crippen LogP) is 4.45. The number of benzene rings is 2. The molecule has 2 aromatic carbocycles. The molecule has 0 aromatic heterocycles. The summed E-state index contributed by atoms with van der Waals surface area (Å²) in [7, 11) is 1.59. The smallest absolute Gasteiger partial charge is 0.271 e. The van der Waals surface area contributed by atoms with Crippen molar-refractivity contribution in [2.45, 2.75) is 13.0 Å². The van der Waals surface area contributed by atoms with Gasteiger partial charge in [0.05, 0.1) is 38.3 Å². The average molecular weight is 460 g/mol. The van der Waals surface area contributed by atoms with Gasteiger partial charge in [-0.05, 0) is 38.2 Å². The third-order valence-corrected chi connectivity index (χ3v) is 5.12. The third kappa shape index (κ3) is 6.30. The lowest BCUT2D eigenvalue weighted by Crippen LogP contribution is -2.43. The lowest BCUT2D eigenvalue weighted by atomic mass is 10.2. The van der Waals surface area contributed by atoms with Crippen molar-refractivity contribution in [3.05, 3.63) is 61.6 Å². The highest BCUT2D eigenvalue weighted by atomic mass is 35.5. The van der Waals surface area contributed by atoms with E-state index in [0.717, 1.165) is 0 Å². The number of nitrogens with one attached hydrogen (secondary N) is 2. The second kappa shape index (κ2) is 9.89. The summed E-state index contributed by atoms with van der Waals surface area (Å²) in [4.78, 5) is 36.5. The number of likely N-dealkylation sites (N-methyl/N-ethyl adjacent to an activating group) is 1. The number of hydrogen-bond donors (Lipinski definition) is 2. The van der Waals surface area contributed by atoms with Gasteiger partial charge in [0, 0.05) is 17.8 Å². The van der Waals surface area contributed by atoms with Crippen LogP contribution in [0.15, 0.2) is 36.4 Å². The number of hydrogen-bond acceptors (Lipinski definition) is 5. The molecule has 1 atom stereocenters. The normalized spacial score (nSPS) is 11.8. The van der Waals surface area contributed by atoms with Crippen LogP contribution in [0.25, 0.3) is 0 Å². The lowest BCUT2D eigenvalue weighted by Gasteiger charge is -2.23. The quantitative estimate of drug-likeness (QED) is 0.470. The largest absolute Gasteiger partial charge is 0.325 e. The van der Waals surface area contributed by atoms with Gasteiger partial charge in [0.2, 0.25) is 11.8 Å². The molecule has 0 aliphatic rings. The van der Waals surface area contributed by atoms with Crippen LogP contribution in [0.5, 0.6) is 0 Å². The molecule has 0 bridgehead atoms. The van der Waals surface area contributed by atoms with Gasteiger partial charge in [-0.3, -0.25) is 24.6 Å². The van der Waals surface area contributed by atoms with E-state index in [2.05, 4.69) is 10.6 Å². The highest BCUT2D eigenvalue weighted by molar-refractivity contribution is 6.42. The van der Waals surface area contributed by atoms with Gasteiger partial charge in [0.1, 0.15) is 0 Å². The number of carbonyl (C=O) groups excluding carboxylic acids is 2. The van der Waals surface area contributed by atoms with E-state index in [1.807, 2.05) is 0 Å². The highest BCUT2D eigenvalue weighted by Gasteiger charge is 2.22. The van der Waals surface area contributed by atoms with Crippen molar-refractivity contribution in [1.82, 2.24) is 4.90 Å². The summed E-state index contributed by atoms with van der Waals surface area (Å²) >= 11 is 17.7. The summed E-state index contributed by atoms with van der Waals surface area (Å²) in [5.74, 6) is -0.837. The Morgan fingerprint density at radius 2 is 1.72 bits per heavy atom. The molecule has 11 heteroatoms. The second-order valence-electron chi connectivity index (χ2n) is 6.18. The van der Waals surface area contributed by atoms with Gasteiger partial charge in [-0.1, -0.05) is 34.8 Å². The van der Waals surface area contributed by atoms with E-state index < -0.39 is 16.9 Å². The molecule has 2 rings (SSSR count). The van der Waals surface area contributed by atoms with E-state index in [4.69, 9.17) is 34.8 Å². The number of non-ortho nitro benzene ring substituents is 1. The summed E-state index contributed by atoms with van der Waals surface area (Å²) < 4.78 is 0. The fraction of sp³-hybridized carbons (Fsp3) is 0.222. The molecule has 0 heterocycles. The number of nitro groups is 1. The molecule has 0 aliphatic heterocycles. The first kappa shape index (κ1) is 22.9. The van der Waals surface area contributed by atoms with Crippen molar-refractivity contribution in [1.29, 1.82) is 0 Å². The van der Waals surface area contributed by atoms with Crippen LogP contribution in [0, 0.1) is 10.1 Å². The van der Waals surface area contributed by atoms with Crippen LogP contribution < -0.4 is 10.6 Å². The van der Waals surface area contributed by atoms with Gasteiger partial charge in [0.25, 0.3) is 5.69 Å². The van der Waals surface area contributed by atoms with E-state index in [-0.39, 0.29) is 28.8 Å². The Labute approximate surface area is 181 Å². The fourth-order valence-electron chi connectivity index (χ4n) is 2.30. The van der Waals surface area contributed by atoms with E-state index >= 15 is 0 Å². The Morgan fingerprint density at radius 3 is 2.34 bits per heavy atom. The van der Waals surface area contributed by atoms with Crippen molar-refractivity contribution < 1.29 is 14.5 Å². The Kier molecular flexibility index (Phi) is 7.80. The summed E-state index contributed by atoms with van der Waals surface area (Å²) in [5.41, 5.74) is 0.386. The molecule has 8 nitrogen and oxygen atoms in total. The molecular formula is C18H17Cl3N4O4. The third-order valence-electron chi connectivity index (χ3n) is 4.06. The van der Waals surface area contributed by atoms with E-state index in [9.17, 15) is 19.7 Å². The minimum absolute atomic E-state index is 0.0858. The van der Waals surface area contributed by atoms with E-state index in [1.54, 1.807) is 26.1 Å². The zero-order valence-corrected chi connectivity index (χ0v) is 17.7. The van der Waals surface area contributed by atoms with Crippen LogP contribution in [0.1, 0.15) is 6.92 Å². The second-order valence-corrected chi connectivity index (χ2v) is 7.40. The van der Waals surface area contributed by atoms with Crippen molar-refractivity contribution in [2.24, 2.45) is 0 Å². The molecule has 2 amide bonds. The number of rotatable bonds is 7. The topological polar surface area (TPSA) is 105 Å². The van der Waals surface area contributed by atoms with Gasteiger partial charge in [-0.15, -0.1) is 0 Å². The first-order valence-electron chi connectivity index (χ1n) is 8.28. The van der Waals surface area contributed by atoms with Gasteiger partial charge in [0.15, 0.2) is 0 Å². The predicted molar refractivity (Wildman–Crippen MR) is 114 cm³/mol. The van der Waals surface area contributed by atoms with Gasteiger partial charge >= 0.3 is 0 Å². The molecule has 29 heavy (non-hydrogen) atoms. The van der Waals surface area contributed by atoms with Crippen LogP contribution in [-0.2, 0) is 9.59 Å². The van der Waals surface area contributed by atoms with Crippen molar-refractivity contribution in [2.75, 3.05) is 24.2 Å². The average Bonchev–Trinajstić information content (AvgIpc) is 2.65. The molecule has 0 unspecified atom stereocenters. The number of halogens is 3. The van der Waals surface area contributed by atoms with E-state index in [1.165, 1.54) is 29.2 Å². The van der Waals surface area contributed by atoms with Gasteiger partial charge in [-0.25, -0.2) is 0 Å². The van der Waals surface area contributed by atoms with Gasteiger partial charge < -0.3 is 10.6 Å². The summed E-state index contributed by atoms with van der Waals surface area (Å²) in [6, 6.07) is 7.70.